The minimum absolute atomic E-state index is 0.0877. The summed E-state index contributed by atoms with van der Waals surface area (Å²) in [5, 5.41) is 72.3. The van der Waals surface area contributed by atoms with Crippen molar-refractivity contribution >= 4 is 11.9 Å². The smallest absolute Gasteiger partial charge is 0.306 e. The topological polar surface area (TPSA) is 231 Å². The molecule has 0 amide bonds. The molecule has 440 valence electrons. The average molecular weight is 1080 g/mol. The Morgan fingerprint density at radius 3 is 1.29 bits per heavy atom. The Kier molecular flexibility index (Phi) is 42.9. The molecule has 0 aromatic rings. The molecule has 0 bridgehead atoms. The van der Waals surface area contributed by atoms with E-state index < -0.39 is 99.3 Å². The van der Waals surface area contributed by atoms with Gasteiger partial charge in [-0.1, -0.05) is 190 Å². The summed E-state index contributed by atoms with van der Waals surface area (Å²) in [6.45, 7) is 2.55. The highest BCUT2D eigenvalue weighted by atomic mass is 16.7. The summed E-state index contributed by atoms with van der Waals surface area (Å²) in [6, 6.07) is 0. The number of hydrogen-bond acceptors (Lipinski definition) is 15. The molecule has 76 heavy (non-hydrogen) atoms. The fourth-order valence-electron chi connectivity index (χ4n) is 9.09. The number of unbranched alkanes of at least 4 members (excludes halogenated alkanes) is 23. The van der Waals surface area contributed by atoms with Gasteiger partial charge in [0.15, 0.2) is 18.7 Å². The monoisotopic (exact) mass is 1080 g/mol. The molecule has 2 fully saturated rings. The lowest BCUT2D eigenvalue weighted by Gasteiger charge is -2.42. The molecule has 2 aliphatic heterocycles. The molecule has 2 rings (SSSR count). The summed E-state index contributed by atoms with van der Waals surface area (Å²) in [4.78, 5) is 25.9. The van der Waals surface area contributed by atoms with E-state index in [4.69, 9.17) is 28.4 Å². The van der Waals surface area contributed by atoms with E-state index in [2.05, 4.69) is 68.5 Å². The quantitative estimate of drug-likeness (QED) is 0.0171. The van der Waals surface area contributed by atoms with Crippen molar-refractivity contribution in [3.05, 3.63) is 60.8 Å². The molecule has 2 heterocycles. The third-order valence-corrected chi connectivity index (χ3v) is 14.0. The summed E-state index contributed by atoms with van der Waals surface area (Å²) < 4.78 is 33.6. The van der Waals surface area contributed by atoms with Gasteiger partial charge in [-0.2, -0.15) is 0 Å². The minimum Gasteiger partial charge on any atom is -0.462 e. The second-order valence-corrected chi connectivity index (χ2v) is 20.8. The van der Waals surface area contributed by atoms with Gasteiger partial charge in [0, 0.05) is 12.8 Å². The summed E-state index contributed by atoms with van der Waals surface area (Å²) in [6.07, 6.45) is 39.6. The van der Waals surface area contributed by atoms with E-state index in [9.17, 15) is 45.3 Å². The number of rotatable bonds is 47. The summed E-state index contributed by atoms with van der Waals surface area (Å²) in [5.41, 5.74) is 0. The van der Waals surface area contributed by atoms with Gasteiger partial charge in [-0.3, -0.25) is 9.59 Å². The van der Waals surface area contributed by atoms with Gasteiger partial charge >= 0.3 is 11.9 Å². The van der Waals surface area contributed by atoms with Crippen LogP contribution in [-0.2, 0) is 38.0 Å². The van der Waals surface area contributed by atoms with Gasteiger partial charge in [-0.05, 0) is 77.0 Å². The number of allylic oxidation sites excluding steroid dienone is 10. The molecule has 4 unspecified atom stereocenters. The maximum atomic E-state index is 13.1. The lowest BCUT2D eigenvalue weighted by atomic mass is 9.98. The molecule has 0 aliphatic carbocycles. The maximum absolute atomic E-state index is 13.1. The van der Waals surface area contributed by atoms with Crippen LogP contribution in [0.1, 0.15) is 219 Å². The molecule has 7 N–H and O–H groups in total. The van der Waals surface area contributed by atoms with E-state index in [1.807, 2.05) is 6.08 Å². The van der Waals surface area contributed by atoms with Crippen molar-refractivity contribution in [2.45, 2.75) is 287 Å². The summed E-state index contributed by atoms with van der Waals surface area (Å²) in [7, 11) is 0. The van der Waals surface area contributed by atoms with Crippen molar-refractivity contribution in [3.8, 4) is 0 Å². The van der Waals surface area contributed by atoms with Crippen LogP contribution in [0.4, 0.5) is 0 Å². The van der Waals surface area contributed by atoms with Crippen molar-refractivity contribution in [2.24, 2.45) is 0 Å². The van der Waals surface area contributed by atoms with Crippen LogP contribution in [0.15, 0.2) is 60.8 Å². The zero-order valence-corrected chi connectivity index (χ0v) is 47.0. The molecule has 0 aromatic heterocycles. The Hall–Kier alpha value is -2.80. The van der Waals surface area contributed by atoms with Crippen LogP contribution in [0.3, 0.4) is 0 Å². The van der Waals surface area contributed by atoms with E-state index in [-0.39, 0.29) is 19.4 Å². The SMILES string of the molecule is CCCCCCCC/C=C/CCCCCCCCCCCC(=O)OC[C@H](CO[C@H]1O[C@@H](CO[C@H]2O[C@@H](CO)[C@@H](O)C(O)C2O)[C@@H](O)C(O)C1O)OC(=O)CCC/C=C/C/C=C/C/C=C/C/C=C/CCCCCCCCC. The van der Waals surface area contributed by atoms with Crippen molar-refractivity contribution in [1.82, 2.24) is 0 Å². The number of carbonyl (C=O) groups excluding carboxylic acids is 2. The van der Waals surface area contributed by atoms with Crippen molar-refractivity contribution in [3.63, 3.8) is 0 Å². The summed E-state index contributed by atoms with van der Waals surface area (Å²) in [5.74, 6) is -0.990. The number of esters is 2. The van der Waals surface area contributed by atoms with E-state index in [1.54, 1.807) is 0 Å². The van der Waals surface area contributed by atoms with E-state index in [0.717, 1.165) is 44.9 Å². The fraction of sp³-hybridized carbons (Fsp3) is 0.803. The predicted molar refractivity (Wildman–Crippen MR) is 298 cm³/mol. The molecule has 0 aromatic carbocycles. The third-order valence-electron chi connectivity index (χ3n) is 14.0. The highest BCUT2D eigenvalue weighted by Crippen LogP contribution is 2.27. The molecule has 0 radical (unpaired) electrons. The molecule has 15 nitrogen and oxygen atoms in total. The fourth-order valence-corrected chi connectivity index (χ4v) is 9.09. The molecular weight excluding hydrogens is 973 g/mol. The van der Waals surface area contributed by atoms with Crippen LogP contribution in [0.5, 0.6) is 0 Å². The zero-order valence-electron chi connectivity index (χ0n) is 47.0. The van der Waals surface area contributed by atoms with Gasteiger partial charge < -0.3 is 64.2 Å². The first-order chi connectivity index (χ1) is 37.0. The first-order valence-electron chi connectivity index (χ1n) is 29.9. The van der Waals surface area contributed by atoms with Crippen LogP contribution in [0.25, 0.3) is 0 Å². The maximum Gasteiger partial charge on any atom is 0.306 e. The molecular formula is C61H106O15. The highest BCUT2D eigenvalue weighted by Gasteiger charge is 2.47. The van der Waals surface area contributed by atoms with E-state index in [0.29, 0.717) is 19.3 Å². The van der Waals surface area contributed by atoms with Gasteiger partial charge in [0.25, 0.3) is 0 Å². The normalized spacial score (nSPS) is 24.8. The average Bonchev–Trinajstić information content (AvgIpc) is 3.42. The predicted octanol–water partition coefficient (Wildman–Crippen LogP) is 10.4. The second kappa shape index (κ2) is 47.1. The lowest BCUT2D eigenvalue weighted by molar-refractivity contribution is -0.332. The van der Waals surface area contributed by atoms with Gasteiger partial charge in [-0.15, -0.1) is 0 Å². The number of ether oxygens (including phenoxy) is 6. The van der Waals surface area contributed by atoms with E-state index in [1.165, 1.54) is 128 Å². The Morgan fingerprint density at radius 2 is 0.803 bits per heavy atom. The molecule has 15 heteroatoms. The van der Waals surface area contributed by atoms with Crippen LogP contribution < -0.4 is 0 Å². The Bertz CT molecular complexity index is 1550. The molecule has 2 saturated heterocycles. The van der Waals surface area contributed by atoms with Gasteiger partial charge in [0.1, 0.15) is 55.4 Å². The Balaban J connectivity index is 1.78. The molecule has 2 aliphatic rings. The Labute approximate surface area is 458 Å². The number of carbonyl (C=O) groups is 2. The second-order valence-electron chi connectivity index (χ2n) is 20.8. The van der Waals surface area contributed by atoms with Gasteiger partial charge in [-0.25, -0.2) is 0 Å². The van der Waals surface area contributed by atoms with Crippen molar-refractivity contribution in [1.29, 1.82) is 0 Å². The molecule has 11 atom stereocenters. The van der Waals surface area contributed by atoms with Crippen molar-refractivity contribution < 1.29 is 73.8 Å². The Morgan fingerprint density at radius 1 is 0.421 bits per heavy atom. The van der Waals surface area contributed by atoms with Crippen LogP contribution >= 0.6 is 0 Å². The van der Waals surface area contributed by atoms with Crippen LogP contribution in [0.2, 0.25) is 0 Å². The standard InChI is InChI=1S/C61H106O15/c1-3-5-7-9-11-13-15-17-19-21-23-24-26-28-30-32-34-36-38-40-42-44-53(64)74-49(46-71-52(63)43-41-39-37-35-33-31-29-27-25-22-20-18-16-14-12-10-8-6-4-2)47-72-60-59(70)57(68)55(66)51(76-60)48-73-61-58(69)56(67)54(65)50(45-62)75-61/h18-21,24,26,30,32,36,38,49-51,54-62,65-70H,3-17,22-23,25,27-29,31,33-35,37,39-48H2,1-2H3/b20-18+,21-19+,26-24+,32-30+,38-36+/t49-,50+,51+,54-,55-,56?,57?,58?,59?,60+,61+/m1/s1. The van der Waals surface area contributed by atoms with E-state index >= 15 is 0 Å². The molecule has 0 spiro atoms. The largest absolute Gasteiger partial charge is 0.462 e. The molecule has 0 saturated carbocycles. The number of aliphatic hydroxyl groups excluding tert-OH is 7. The lowest BCUT2D eigenvalue weighted by Crippen LogP contribution is -2.61. The van der Waals surface area contributed by atoms with Crippen LogP contribution in [0, 0.1) is 0 Å². The number of hydrogen-bond donors (Lipinski definition) is 7. The third kappa shape index (κ3) is 33.6. The highest BCUT2D eigenvalue weighted by molar-refractivity contribution is 5.70. The van der Waals surface area contributed by atoms with Gasteiger partial charge in [0.05, 0.1) is 19.8 Å². The van der Waals surface area contributed by atoms with Gasteiger partial charge in [0.2, 0.25) is 0 Å². The summed E-state index contributed by atoms with van der Waals surface area (Å²) >= 11 is 0. The first kappa shape index (κ1) is 69.3. The first-order valence-corrected chi connectivity index (χ1v) is 29.9. The van der Waals surface area contributed by atoms with Crippen molar-refractivity contribution in [2.75, 3.05) is 26.4 Å². The zero-order chi connectivity index (χ0) is 55.3. The van der Waals surface area contributed by atoms with Crippen LogP contribution in [-0.4, -0.2) is 142 Å². The minimum atomic E-state index is -1.78. The number of aliphatic hydroxyl groups is 7.